The van der Waals surface area contributed by atoms with E-state index in [1.807, 2.05) is 13.2 Å². The van der Waals surface area contributed by atoms with Crippen molar-refractivity contribution in [3.63, 3.8) is 0 Å². The molecule has 0 saturated carbocycles. The quantitative estimate of drug-likeness (QED) is 0.686. The summed E-state index contributed by atoms with van der Waals surface area (Å²) in [7, 11) is 1.89. The maximum absolute atomic E-state index is 5.54. The Kier molecular flexibility index (Phi) is 5.93. The number of unbranched alkanes of at least 4 members (excludes halogenated alkanes) is 1. The lowest BCUT2D eigenvalue weighted by Crippen LogP contribution is -2.21. The molecular weight excluding hydrogens is 202 g/mol. The molecule has 4 nitrogen and oxygen atoms in total. The van der Waals surface area contributed by atoms with Crippen LogP contribution in [0, 0.1) is 5.92 Å². The Balaban J connectivity index is 1.92. The number of nitrogens with zero attached hydrogens (tertiary/aromatic N) is 2. The number of hydrogen-bond acceptors (Lipinski definition) is 3. The Hall–Kier alpha value is -1.03. The second-order valence-corrected chi connectivity index (χ2v) is 4.50. The van der Waals surface area contributed by atoms with Gasteiger partial charge in [0, 0.05) is 7.05 Å². The van der Waals surface area contributed by atoms with E-state index in [1.165, 1.54) is 0 Å². The first kappa shape index (κ1) is 13.0. The van der Waals surface area contributed by atoms with E-state index in [-0.39, 0.29) is 0 Å². The van der Waals surface area contributed by atoms with Crippen molar-refractivity contribution in [2.75, 3.05) is 19.7 Å². The fourth-order valence-electron chi connectivity index (χ4n) is 1.41. The number of ether oxygens (including phenoxy) is 1. The molecule has 1 aromatic rings. The highest BCUT2D eigenvalue weighted by atomic mass is 16.5. The molecule has 1 N–H and O–H groups in total. The highest BCUT2D eigenvalue weighted by molar-refractivity contribution is 5.10. The minimum Gasteiger partial charge on any atom is -0.490 e. The first-order valence-electron chi connectivity index (χ1n) is 6.00. The predicted molar refractivity (Wildman–Crippen MR) is 65.6 cm³/mol. The molecule has 1 heterocycles. The number of hydrogen-bond donors (Lipinski definition) is 1. The number of nitrogens with one attached hydrogen (secondary N) is 1. The molecule has 0 spiro atoms. The van der Waals surface area contributed by atoms with Crippen LogP contribution in [0.1, 0.15) is 26.7 Å². The molecule has 1 aromatic heterocycles. The summed E-state index contributed by atoms with van der Waals surface area (Å²) in [4.78, 5) is 0. The number of aromatic nitrogens is 2. The van der Waals surface area contributed by atoms with Gasteiger partial charge in [-0.05, 0) is 31.8 Å². The Morgan fingerprint density at radius 1 is 1.44 bits per heavy atom. The first-order valence-corrected chi connectivity index (χ1v) is 6.00. The molecule has 0 unspecified atom stereocenters. The maximum atomic E-state index is 5.54. The zero-order valence-electron chi connectivity index (χ0n) is 10.6. The van der Waals surface area contributed by atoms with Crippen molar-refractivity contribution in [3.05, 3.63) is 12.4 Å². The Bertz CT molecular complexity index is 284. The van der Waals surface area contributed by atoms with Crippen LogP contribution >= 0.6 is 0 Å². The van der Waals surface area contributed by atoms with Gasteiger partial charge in [0.05, 0.1) is 19.0 Å². The number of aryl methyl sites for hydroxylation is 1. The van der Waals surface area contributed by atoms with E-state index in [2.05, 4.69) is 24.3 Å². The summed E-state index contributed by atoms with van der Waals surface area (Å²) in [5.41, 5.74) is 0. The van der Waals surface area contributed by atoms with Crippen molar-refractivity contribution in [1.82, 2.24) is 15.1 Å². The Morgan fingerprint density at radius 3 is 2.88 bits per heavy atom. The highest BCUT2D eigenvalue weighted by Gasteiger charge is 1.96. The zero-order chi connectivity index (χ0) is 11.8. The molecule has 0 saturated heterocycles. The average molecular weight is 225 g/mol. The van der Waals surface area contributed by atoms with Gasteiger partial charge < -0.3 is 10.1 Å². The van der Waals surface area contributed by atoms with Crippen LogP contribution < -0.4 is 10.1 Å². The van der Waals surface area contributed by atoms with Crippen molar-refractivity contribution in [3.8, 4) is 5.75 Å². The zero-order valence-corrected chi connectivity index (χ0v) is 10.6. The third-order valence-corrected chi connectivity index (χ3v) is 2.25. The van der Waals surface area contributed by atoms with Crippen molar-refractivity contribution in [2.45, 2.75) is 26.7 Å². The van der Waals surface area contributed by atoms with Gasteiger partial charge in [-0.3, -0.25) is 4.68 Å². The van der Waals surface area contributed by atoms with E-state index >= 15 is 0 Å². The summed E-state index contributed by atoms with van der Waals surface area (Å²) in [6.45, 7) is 7.39. The van der Waals surface area contributed by atoms with E-state index < -0.39 is 0 Å². The van der Waals surface area contributed by atoms with E-state index in [1.54, 1.807) is 10.9 Å². The minimum atomic E-state index is 0.728. The minimum absolute atomic E-state index is 0.728. The van der Waals surface area contributed by atoms with E-state index in [9.17, 15) is 0 Å². The third-order valence-electron chi connectivity index (χ3n) is 2.25. The van der Waals surface area contributed by atoms with Gasteiger partial charge in [0.2, 0.25) is 0 Å². The molecule has 0 bridgehead atoms. The summed E-state index contributed by atoms with van der Waals surface area (Å²) < 4.78 is 7.29. The van der Waals surface area contributed by atoms with Crippen LogP contribution in [0.2, 0.25) is 0 Å². The molecule has 0 fully saturated rings. The predicted octanol–water partition coefficient (Wildman–Crippen LogP) is 1.82. The molecule has 4 heteroatoms. The monoisotopic (exact) mass is 225 g/mol. The fraction of sp³-hybridized carbons (Fsp3) is 0.750. The molecule has 0 radical (unpaired) electrons. The highest BCUT2D eigenvalue weighted by Crippen LogP contribution is 2.07. The Morgan fingerprint density at radius 2 is 2.25 bits per heavy atom. The summed E-state index contributed by atoms with van der Waals surface area (Å²) in [5, 5.41) is 7.46. The van der Waals surface area contributed by atoms with Crippen LogP contribution in [0.5, 0.6) is 5.75 Å². The molecule has 0 aliphatic heterocycles. The number of rotatable bonds is 8. The lowest BCUT2D eigenvalue weighted by atomic mass is 10.2. The largest absolute Gasteiger partial charge is 0.490 e. The van der Waals surface area contributed by atoms with Crippen LogP contribution in [-0.4, -0.2) is 29.5 Å². The molecule has 0 aromatic carbocycles. The second-order valence-electron chi connectivity index (χ2n) is 4.50. The van der Waals surface area contributed by atoms with E-state index in [4.69, 9.17) is 4.74 Å². The lowest BCUT2D eigenvalue weighted by Gasteiger charge is -2.07. The standard InChI is InChI=1S/C12H23N3O/c1-11(2)8-13-6-4-5-7-16-12-9-14-15(3)10-12/h9-11,13H,4-8H2,1-3H3. The second kappa shape index (κ2) is 7.28. The fourth-order valence-corrected chi connectivity index (χ4v) is 1.41. The van der Waals surface area contributed by atoms with Crippen molar-refractivity contribution in [1.29, 1.82) is 0 Å². The summed E-state index contributed by atoms with van der Waals surface area (Å²) in [6.07, 6.45) is 5.88. The van der Waals surface area contributed by atoms with Gasteiger partial charge in [0.1, 0.15) is 0 Å². The van der Waals surface area contributed by atoms with Crippen molar-refractivity contribution < 1.29 is 4.74 Å². The molecule has 0 atom stereocenters. The van der Waals surface area contributed by atoms with Crippen LogP contribution in [0.4, 0.5) is 0 Å². The van der Waals surface area contributed by atoms with Gasteiger partial charge in [0.15, 0.2) is 5.75 Å². The SMILES string of the molecule is CC(C)CNCCCCOc1cnn(C)c1. The molecule has 0 amide bonds. The third kappa shape index (κ3) is 5.75. The van der Waals surface area contributed by atoms with Crippen molar-refractivity contribution >= 4 is 0 Å². The first-order chi connectivity index (χ1) is 7.68. The normalized spacial score (nSPS) is 11.0. The van der Waals surface area contributed by atoms with Gasteiger partial charge in [-0.1, -0.05) is 13.8 Å². The van der Waals surface area contributed by atoms with Crippen LogP contribution in [0.25, 0.3) is 0 Å². The van der Waals surface area contributed by atoms with Gasteiger partial charge >= 0.3 is 0 Å². The van der Waals surface area contributed by atoms with Crippen LogP contribution in [-0.2, 0) is 7.05 Å². The lowest BCUT2D eigenvalue weighted by molar-refractivity contribution is 0.305. The van der Waals surface area contributed by atoms with Gasteiger partial charge in [0.25, 0.3) is 0 Å². The molecule has 1 rings (SSSR count). The van der Waals surface area contributed by atoms with Crippen molar-refractivity contribution in [2.24, 2.45) is 13.0 Å². The summed E-state index contributed by atoms with van der Waals surface area (Å²) in [5.74, 6) is 1.59. The summed E-state index contributed by atoms with van der Waals surface area (Å²) in [6, 6.07) is 0. The molecule has 0 aliphatic rings. The molecule has 0 aliphatic carbocycles. The van der Waals surface area contributed by atoms with Gasteiger partial charge in [-0.15, -0.1) is 0 Å². The molecule has 92 valence electrons. The average Bonchev–Trinajstić information content (AvgIpc) is 2.62. The van der Waals surface area contributed by atoms with E-state index in [0.29, 0.717) is 0 Å². The van der Waals surface area contributed by atoms with Gasteiger partial charge in [-0.2, -0.15) is 5.10 Å². The van der Waals surface area contributed by atoms with Gasteiger partial charge in [-0.25, -0.2) is 0 Å². The smallest absolute Gasteiger partial charge is 0.157 e. The topological polar surface area (TPSA) is 39.1 Å². The van der Waals surface area contributed by atoms with Crippen LogP contribution in [0.15, 0.2) is 12.4 Å². The maximum Gasteiger partial charge on any atom is 0.157 e. The van der Waals surface area contributed by atoms with Crippen LogP contribution in [0.3, 0.4) is 0 Å². The molecule has 16 heavy (non-hydrogen) atoms. The van der Waals surface area contributed by atoms with E-state index in [0.717, 1.165) is 44.2 Å². The summed E-state index contributed by atoms with van der Waals surface area (Å²) >= 11 is 0. The Labute approximate surface area is 98.0 Å². The molecular formula is C12H23N3O.